The summed E-state index contributed by atoms with van der Waals surface area (Å²) in [6.07, 6.45) is 5.64. The molecule has 2 aromatic heterocycles. The van der Waals surface area contributed by atoms with Crippen LogP contribution in [0, 0.1) is 5.92 Å². The number of amides is 1. The number of carbonyl (C=O) groups is 1. The highest BCUT2D eigenvalue weighted by molar-refractivity contribution is 7.09. The second kappa shape index (κ2) is 7.70. The number of carbonyl (C=O) groups excluding carboxylic acids is 1. The lowest BCUT2D eigenvalue weighted by Gasteiger charge is -2.36. The molecule has 0 saturated carbocycles. The molecule has 1 amide bonds. The fourth-order valence-corrected chi connectivity index (χ4v) is 3.74. The van der Waals surface area contributed by atoms with Crippen LogP contribution in [0.25, 0.3) is 0 Å². The molecule has 3 heterocycles. The summed E-state index contributed by atoms with van der Waals surface area (Å²) in [4.78, 5) is 19.9. The van der Waals surface area contributed by atoms with E-state index in [0.717, 1.165) is 26.1 Å². The Labute approximate surface area is 140 Å². The minimum absolute atomic E-state index is 0.0893. The lowest BCUT2D eigenvalue weighted by molar-refractivity contribution is -0.126. The highest BCUT2D eigenvalue weighted by atomic mass is 32.1. The zero-order chi connectivity index (χ0) is 16.1. The fraction of sp³-hybridized carbons (Fsp3) is 0.562. The first-order valence-corrected chi connectivity index (χ1v) is 8.97. The van der Waals surface area contributed by atoms with Crippen molar-refractivity contribution in [3.05, 3.63) is 35.0 Å². The van der Waals surface area contributed by atoms with Gasteiger partial charge in [-0.2, -0.15) is 5.10 Å². The maximum atomic E-state index is 12.4. The zero-order valence-corrected chi connectivity index (χ0v) is 14.2. The minimum atomic E-state index is -0.0893. The van der Waals surface area contributed by atoms with Crippen LogP contribution in [0.3, 0.4) is 0 Å². The van der Waals surface area contributed by atoms with E-state index in [4.69, 9.17) is 0 Å². The fourth-order valence-electron chi connectivity index (χ4n) is 3.09. The van der Waals surface area contributed by atoms with Crippen molar-refractivity contribution in [3.8, 4) is 0 Å². The van der Waals surface area contributed by atoms with Crippen molar-refractivity contribution in [3.63, 3.8) is 0 Å². The molecule has 1 aliphatic rings. The van der Waals surface area contributed by atoms with Crippen LogP contribution in [0.2, 0.25) is 0 Å². The van der Waals surface area contributed by atoms with Crippen LogP contribution in [-0.2, 0) is 17.9 Å². The molecule has 1 N–H and O–H groups in total. The third kappa shape index (κ3) is 4.39. The van der Waals surface area contributed by atoms with E-state index in [9.17, 15) is 4.79 Å². The number of hydrogen-bond donors (Lipinski definition) is 1. The van der Waals surface area contributed by atoms with Crippen molar-refractivity contribution in [1.29, 1.82) is 0 Å². The van der Waals surface area contributed by atoms with Crippen molar-refractivity contribution < 1.29 is 4.79 Å². The third-order valence-electron chi connectivity index (χ3n) is 4.41. The van der Waals surface area contributed by atoms with E-state index >= 15 is 0 Å². The van der Waals surface area contributed by atoms with Crippen molar-refractivity contribution >= 4 is 17.2 Å². The maximum Gasteiger partial charge on any atom is 0.237 e. The summed E-state index contributed by atoms with van der Waals surface area (Å²) < 4.78 is 1.88. The van der Waals surface area contributed by atoms with Crippen molar-refractivity contribution in [2.45, 2.75) is 38.9 Å². The second-order valence-corrected chi connectivity index (χ2v) is 7.13. The molecule has 0 spiro atoms. The lowest BCUT2D eigenvalue weighted by atomic mass is 9.96. The van der Waals surface area contributed by atoms with Gasteiger partial charge in [-0.05, 0) is 43.7 Å². The number of likely N-dealkylation sites (tertiary alicyclic amines) is 1. The average Bonchev–Trinajstić information content (AvgIpc) is 3.25. The van der Waals surface area contributed by atoms with Gasteiger partial charge in [-0.3, -0.25) is 14.4 Å². The first-order valence-electron chi connectivity index (χ1n) is 8.09. The number of aromatic nitrogens is 3. The SMILES string of the molecule is C[C@@H](C(=O)NCc1cccs1)N1CCC[C@@H](Cn2cncn2)C1. The molecule has 0 aliphatic carbocycles. The van der Waals surface area contributed by atoms with Gasteiger partial charge in [0, 0.05) is 18.0 Å². The Balaban J connectivity index is 1.49. The molecule has 1 aliphatic heterocycles. The molecule has 0 aromatic carbocycles. The van der Waals surface area contributed by atoms with Crippen LogP contribution in [-0.4, -0.2) is 44.7 Å². The summed E-state index contributed by atoms with van der Waals surface area (Å²) in [6, 6.07) is 3.97. The third-order valence-corrected chi connectivity index (χ3v) is 5.28. The molecular formula is C16H23N5OS. The van der Waals surface area contributed by atoms with Crippen molar-refractivity contribution in [1.82, 2.24) is 25.0 Å². The van der Waals surface area contributed by atoms with Gasteiger partial charge in [-0.15, -0.1) is 11.3 Å². The van der Waals surface area contributed by atoms with Gasteiger partial charge in [0.1, 0.15) is 12.7 Å². The van der Waals surface area contributed by atoms with Crippen LogP contribution in [0.5, 0.6) is 0 Å². The molecule has 1 saturated heterocycles. The summed E-state index contributed by atoms with van der Waals surface area (Å²) >= 11 is 1.67. The summed E-state index contributed by atoms with van der Waals surface area (Å²) in [6.45, 7) is 5.42. The van der Waals surface area contributed by atoms with Crippen LogP contribution in [0.15, 0.2) is 30.2 Å². The van der Waals surface area contributed by atoms with E-state index in [2.05, 4.69) is 20.3 Å². The van der Waals surface area contributed by atoms with Crippen LogP contribution in [0.1, 0.15) is 24.6 Å². The predicted octanol–water partition coefficient (Wildman–Crippen LogP) is 1.76. The second-order valence-electron chi connectivity index (χ2n) is 6.09. The number of thiophene rings is 1. The maximum absolute atomic E-state index is 12.4. The molecule has 124 valence electrons. The number of nitrogens with one attached hydrogen (secondary N) is 1. The molecule has 0 unspecified atom stereocenters. The summed E-state index contributed by atoms with van der Waals surface area (Å²) in [7, 11) is 0. The molecule has 7 heteroatoms. The molecule has 2 atom stereocenters. The van der Waals surface area contributed by atoms with E-state index in [1.165, 1.54) is 11.3 Å². The Morgan fingerprint density at radius 3 is 3.22 bits per heavy atom. The Bertz CT molecular complexity index is 598. The summed E-state index contributed by atoms with van der Waals surface area (Å²) in [5, 5.41) is 9.26. The molecule has 3 rings (SSSR count). The average molecular weight is 333 g/mol. The Hall–Kier alpha value is -1.73. The van der Waals surface area contributed by atoms with E-state index in [1.54, 1.807) is 24.0 Å². The summed E-state index contributed by atoms with van der Waals surface area (Å²) in [5.74, 6) is 0.637. The van der Waals surface area contributed by atoms with Gasteiger partial charge in [-0.1, -0.05) is 6.07 Å². The van der Waals surface area contributed by atoms with Gasteiger partial charge < -0.3 is 5.32 Å². The van der Waals surface area contributed by atoms with Gasteiger partial charge in [0.25, 0.3) is 0 Å². The minimum Gasteiger partial charge on any atom is -0.350 e. The van der Waals surface area contributed by atoms with Crippen LogP contribution < -0.4 is 5.32 Å². The summed E-state index contributed by atoms with van der Waals surface area (Å²) in [5.41, 5.74) is 0. The highest BCUT2D eigenvalue weighted by Gasteiger charge is 2.27. The first-order chi connectivity index (χ1) is 11.2. The zero-order valence-electron chi connectivity index (χ0n) is 13.4. The van der Waals surface area contributed by atoms with E-state index in [-0.39, 0.29) is 11.9 Å². The monoisotopic (exact) mass is 333 g/mol. The van der Waals surface area contributed by atoms with Gasteiger partial charge in [-0.25, -0.2) is 4.98 Å². The Kier molecular flexibility index (Phi) is 5.40. The molecule has 0 bridgehead atoms. The van der Waals surface area contributed by atoms with Crippen molar-refractivity contribution in [2.24, 2.45) is 5.92 Å². The lowest BCUT2D eigenvalue weighted by Crippen LogP contribution is -2.49. The first kappa shape index (κ1) is 16.1. The topological polar surface area (TPSA) is 63.1 Å². The number of nitrogens with zero attached hydrogens (tertiary/aromatic N) is 4. The molecule has 0 radical (unpaired) electrons. The number of rotatable bonds is 6. The normalized spacial score (nSPS) is 20.3. The standard InChI is InChI=1S/C16H23N5OS/c1-13(16(22)18-8-15-5-3-7-23-15)20-6-2-4-14(9-20)10-21-12-17-11-19-21/h3,5,7,11-14H,2,4,6,8-10H2,1H3,(H,18,22)/t13-,14+/m0/s1. The van der Waals surface area contributed by atoms with Gasteiger partial charge >= 0.3 is 0 Å². The molecular weight excluding hydrogens is 310 g/mol. The highest BCUT2D eigenvalue weighted by Crippen LogP contribution is 2.20. The molecule has 1 fully saturated rings. The Morgan fingerprint density at radius 2 is 2.48 bits per heavy atom. The van der Waals surface area contributed by atoms with Crippen LogP contribution in [0.4, 0.5) is 0 Å². The van der Waals surface area contributed by atoms with Crippen molar-refractivity contribution in [2.75, 3.05) is 13.1 Å². The van der Waals surface area contributed by atoms with E-state index in [1.807, 2.05) is 29.1 Å². The largest absolute Gasteiger partial charge is 0.350 e. The van der Waals surface area contributed by atoms with E-state index in [0.29, 0.717) is 12.5 Å². The van der Waals surface area contributed by atoms with Gasteiger partial charge in [0.05, 0.1) is 12.6 Å². The smallest absolute Gasteiger partial charge is 0.237 e. The molecule has 23 heavy (non-hydrogen) atoms. The quantitative estimate of drug-likeness (QED) is 0.875. The number of hydrogen-bond acceptors (Lipinski definition) is 5. The molecule has 2 aromatic rings. The van der Waals surface area contributed by atoms with Gasteiger partial charge in [0.2, 0.25) is 5.91 Å². The Morgan fingerprint density at radius 1 is 1.57 bits per heavy atom. The van der Waals surface area contributed by atoms with Crippen LogP contribution >= 0.6 is 11.3 Å². The van der Waals surface area contributed by atoms with E-state index < -0.39 is 0 Å². The molecule has 6 nitrogen and oxygen atoms in total. The van der Waals surface area contributed by atoms with Gasteiger partial charge in [0.15, 0.2) is 0 Å². The predicted molar refractivity (Wildman–Crippen MR) is 89.9 cm³/mol. The number of piperidine rings is 1.